The van der Waals surface area contributed by atoms with Gasteiger partial charge in [0.05, 0.1) is 18.2 Å². The van der Waals surface area contributed by atoms with Crippen LogP contribution >= 0.6 is 0 Å². The normalized spacial score (nSPS) is 19.2. The maximum Gasteiger partial charge on any atom is 0.315 e. The highest BCUT2D eigenvalue weighted by atomic mass is 16.5. The van der Waals surface area contributed by atoms with Gasteiger partial charge in [-0.15, -0.1) is 0 Å². The van der Waals surface area contributed by atoms with Crippen molar-refractivity contribution in [3.05, 3.63) is 11.7 Å². The fraction of sp³-hybridized carbons (Fsp3) is 0.769. The van der Waals surface area contributed by atoms with Crippen LogP contribution in [0.25, 0.3) is 0 Å². The van der Waals surface area contributed by atoms with Crippen molar-refractivity contribution in [3.8, 4) is 0 Å². The largest absolute Gasteiger partial charge is 0.394 e. The molecule has 7 nitrogen and oxygen atoms in total. The van der Waals surface area contributed by atoms with E-state index >= 15 is 0 Å². The van der Waals surface area contributed by atoms with E-state index < -0.39 is 5.54 Å². The van der Waals surface area contributed by atoms with E-state index in [1.807, 2.05) is 13.8 Å². The zero-order valence-electron chi connectivity index (χ0n) is 12.1. The highest BCUT2D eigenvalue weighted by Crippen LogP contribution is 2.39. The van der Waals surface area contributed by atoms with Gasteiger partial charge in [-0.25, -0.2) is 4.79 Å². The van der Waals surface area contributed by atoms with E-state index in [9.17, 15) is 9.90 Å². The molecule has 1 aliphatic carbocycles. The van der Waals surface area contributed by atoms with Crippen molar-refractivity contribution in [2.45, 2.75) is 51.6 Å². The molecular formula is C13H22N4O3. The second kappa shape index (κ2) is 5.78. The van der Waals surface area contributed by atoms with Gasteiger partial charge in [0.1, 0.15) is 0 Å². The molecule has 1 aromatic rings. The third-order valence-corrected chi connectivity index (χ3v) is 3.77. The fourth-order valence-corrected chi connectivity index (χ4v) is 2.25. The smallest absolute Gasteiger partial charge is 0.315 e. The molecule has 3 N–H and O–H groups in total. The molecule has 7 heteroatoms. The van der Waals surface area contributed by atoms with Gasteiger partial charge in [-0.1, -0.05) is 12.1 Å². The van der Waals surface area contributed by atoms with Crippen LogP contribution in [0, 0.1) is 12.8 Å². The lowest BCUT2D eigenvalue weighted by Gasteiger charge is -2.29. The van der Waals surface area contributed by atoms with E-state index in [1.165, 1.54) is 0 Å². The number of aliphatic hydroxyl groups excluding tert-OH is 1. The molecule has 1 heterocycles. The fourth-order valence-electron chi connectivity index (χ4n) is 2.25. The van der Waals surface area contributed by atoms with Crippen LogP contribution < -0.4 is 10.6 Å². The van der Waals surface area contributed by atoms with Crippen LogP contribution in [0.2, 0.25) is 0 Å². The van der Waals surface area contributed by atoms with Gasteiger partial charge in [-0.3, -0.25) is 0 Å². The standard InChI is InChI=1S/C13H22N4O3/c1-4-10(11-14-8(2)20-17-11)15-12(19)16-13(3,7-18)9-5-6-9/h9-10,18H,4-7H2,1-3H3,(H2,15,16,19). The topological polar surface area (TPSA) is 100 Å². The number of nitrogens with zero attached hydrogens (tertiary/aromatic N) is 2. The van der Waals surface area contributed by atoms with E-state index in [4.69, 9.17) is 4.52 Å². The molecule has 0 saturated heterocycles. The van der Waals surface area contributed by atoms with Crippen LogP contribution in [-0.4, -0.2) is 33.4 Å². The highest BCUT2D eigenvalue weighted by molar-refractivity contribution is 5.75. The number of amides is 2. The summed E-state index contributed by atoms with van der Waals surface area (Å²) in [6.45, 7) is 5.44. The zero-order chi connectivity index (χ0) is 14.8. The minimum atomic E-state index is -0.560. The second-order valence-electron chi connectivity index (χ2n) is 5.58. The summed E-state index contributed by atoms with van der Waals surface area (Å²) in [5, 5.41) is 19.0. The minimum absolute atomic E-state index is 0.0663. The van der Waals surface area contributed by atoms with Crippen molar-refractivity contribution in [3.63, 3.8) is 0 Å². The Balaban J connectivity index is 1.95. The highest BCUT2D eigenvalue weighted by Gasteiger charge is 2.42. The first-order chi connectivity index (χ1) is 9.48. The Hall–Kier alpha value is -1.63. The summed E-state index contributed by atoms with van der Waals surface area (Å²) < 4.78 is 4.93. The van der Waals surface area contributed by atoms with Gasteiger partial charge in [0.15, 0.2) is 5.82 Å². The van der Waals surface area contributed by atoms with E-state index in [-0.39, 0.29) is 18.7 Å². The third kappa shape index (κ3) is 3.27. The maximum atomic E-state index is 12.1. The molecule has 0 bridgehead atoms. The average Bonchev–Trinajstić information content (AvgIpc) is 3.19. The molecule has 1 saturated carbocycles. The molecule has 0 aliphatic heterocycles. The van der Waals surface area contributed by atoms with Crippen molar-refractivity contribution in [1.82, 2.24) is 20.8 Å². The van der Waals surface area contributed by atoms with Crippen molar-refractivity contribution in [1.29, 1.82) is 0 Å². The summed E-state index contributed by atoms with van der Waals surface area (Å²) in [6, 6.07) is -0.614. The maximum absolute atomic E-state index is 12.1. The number of hydrogen-bond acceptors (Lipinski definition) is 5. The van der Waals surface area contributed by atoms with E-state index in [1.54, 1.807) is 6.92 Å². The van der Waals surface area contributed by atoms with Crippen molar-refractivity contribution < 1.29 is 14.4 Å². The molecule has 1 aliphatic rings. The van der Waals surface area contributed by atoms with Crippen LogP contribution in [0.1, 0.15) is 50.9 Å². The molecule has 2 atom stereocenters. The van der Waals surface area contributed by atoms with Crippen LogP contribution in [0.3, 0.4) is 0 Å². The van der Waals surface area contributed by atoms with E-state index in [0.717, 1.165) is 12.8 Å². The van der Waals surface area contributed by atoms with Gasteiger partial charge in [-0.05, 0) is 32.1 Å². The molecule has 1 fully saturated rings. The summed E-state index contributed by atoms with van der Waals surface area (Å²) in [5.74, 6) is 1.29. The summed E-state index contributed by atoms with van der Waals surface area (Å²) in [6.07, 6.45) is 2.74. The Bertz CT molecular complexity index is 472. The Kier molecular flexibility index (Phi) is 4.27. The second-order valence-corrected chi connectivity index (χ2v) is 5.58. The first-order valence-electron chi connectivity index (χ1n) is 6.98. The molecular weight excluding hydrogens is 260 g/mol. The Morgan fingerprint density at radius 3 is 2.75 bits per heavy atom. The number of rotatable bonds is 6. The van der Waals surface area contributed by atoms with Crippen molar-refractivity contribution >= 4 is 6.03 Å². The van der Waals surface area contributed by atoms with Crippen LogP contribution in [0.5, 0.6) is 0 Å². The number of urea groups is 1. The number of aliphatic hydroxyl groups is 1. The minimum Gasteiger partial charge on any atom is -0.394 e. The van der Waals surface area contributed by atoms with Gasteiger partial charge in [0.2, 0.25) is 5.89 Å². The molecule has 0 radical (unpaired) electrons. The molecule has 1 aromatic heterocycles. The third-order valence-electron chi connectivity index (χ3n) is 3.77. The molecule has 2 rings (SSSR count). The van der Waals surface area contributed by atoms with Gasteiger partial charge in [0.25, 0.3) is 0 Å². The first-order valence-corrected chi connectivity index (χ1v) is 6.98. The summed E-state index contributed by atoms with van der Waals surface area (Å²) >= 11 is 0. The van der Waals surface area contributed by atoms with Crippen molar-refractivity contribution in [2.75, 3.05) is 6.61 Å². The first kappa shape index (κ1) is 14.8. The number of aromatic nitrogens is 2. The summed E-state index contributed by atoms with van der Waals surface area (Å²) in [5.41, 5.74) is -0.560. The van der Waals surface area contributed by atoms with Gasteiger partial charge in [-0.2, -0.15) is 4.98 Å². The number of carbonyl (C=O) groups excluding carboxylic acids is 1. The summed E-state index contributed by atoms with van der Waals surface area (Å²) in [4.78, 5) is 16.2. The SMILES string of the molecule is CCC(NC(=O)NC(C)(CO)C1CC1)c1noc(C)n1. The molecule has 0 aromatic carbocycles. The lowest BCUT2D eigenvalue weighted by molar-refractivity contribution is 0.153. The molecule has 20 heavy (non-hydrogen) atoms. The molecule has 112 valence electrons. The molecule has 0 spiro atoms. The Morgan fingerprint density at radius 1 is 1.60 bits per heavy atom. The predicted molar refractivity (Wildman–Crippen MR) is 71.9 cm³/mol. The zero-order valence-corrected chi connectivity index (χ0v) is 12.1. The van der Waals surface area contributed by atoms with Gasteiger partial charge in [0, 0.05) is 6.92 Å². The monoisotopic (exact) mass is 282 g/mol. The van der Waals surface area contributed by atoms with E-state index in [0.29, 0.717) is 24.1 Å². The van der Waals surface area contributed by atoms with Gasteiger partial charge < -0.3 is 20.3 Å². The number of nitrogens with one attached hydrogen (secondary N) is 2. The molecule has 2 unspecified atom stereocenters. The van der Waals surface area contributed by atoms with Crippen LogP contribution in [-0.2, 0) is 0 Å². The Morgan fingerprint density at radius 2 is 2.30 bits per heavy atom. The van der Waals surface area contributed by atoms with Gasteiger partial charge >= 0.3 is 6.03 Å². The average molecular weight is 282 g/mol. The Labute approximate surface area is 118 Å². The lowest BCUT2D eigenvalue weighted by Crippen LogP contribution is -2.54. The predicted octanol–water partition coefficient (Wildman–Crippen LogP) is 1.29. The number of hydrogen-bond donors (Lipinski definition) is 3. The quantitative estimate of drug-likeness (QED) is 0.730. The van der Waals surface area contributed by atoms with Crippen LogP contribution in [0.4, 0.5) is 4.79 Å². The number of carbonyl (C=O) groups is 1. The van der Waals surface area contributed by atoms with E-state index in [2.05, 4.69) is 20.8 Å². The molecule has 2 amide bonds. The van der Waals surface area contributed by atoms with Crippen molar-refractivity contribution in [2.24, 2.45) is 5.92 Å². The summed E-state index contributed by atoms with van der Waals surface area (Å²) in [7, 11) is 0. The number of aryl methyl sites for hydroxylation is 1. The lowest BCUT2D eigenvalue weighted by atomic mass is 9.97. The van der Waals surface area contributed by atoms with Crippen LogP contribution in [0.15, 0.2) is 4.52 Å².